The van der Waals surface area contributed by atoms with Crippen LogP contribution in [0.1, 0.15) is 30.9 Å². The number of aromatic amines is 1. The van der Waals surface area contributed by atoms with E-state index in [0.717, 1.165) is 34.1 Å². The maximum atomic E-state index is 9.24. The minimum atomic E-state index is 0.114. The normalized spacial score (nSPS) is 20.0. The van der Waals surface area contributed by atoms with E-state index in [-0.39, 0.29) is 12.5 Å². The molecule has 2 heterocycles. The molecular weight excluding hydrogens is 289 g/mol. The van der Waals surface area contributed by atoms with Gasteiger partial charge >= 0.3 is 0 Å². The predicted molar refractivity (Wildman–Crippen MR) is 76.6 cm³/mol. The number of rotatable bonds is 1. The van der Waals surface area contributed by atoms with Crippen molar-refractivity contribution in [2.45, 2.75) is 31.4 Å². The molecule has 0 saturated carbocycles. The van der Waals surface area contributed by atoms with E-state index in [9.17, 15) is 5.26 Å². The highest BCUT2D eigenvalue weighted by atomic mass is 79.9. The first-order chi connectivity index (χ1) is 8.78. The molecule has 3 rings (SSSR count). The third-order valence-electron chi connectivity index (χ3n) is 3.75. The highest BCUT2D eigenvalue weighted by Crippen LogP contribution is 2.32. The molecule has 0 aliphatic carbocycles. The molecule has 0 spiro atoms. The van der Waals surface area contributed by atoms with Crippen LogP contribution in [0.15, 0.2) is 22.7 Å². The number of imidazole rings is 1. The highest BCUT2D eigenvalue weighted by Gasteiger charge is 2.32. The molecule has 3 nitrogen and oxygen atoms in total. The zero-order valence-electron chi connectivity index (χ0n) is 9.99. The van der Waals surface area contributed by atoms with Gasteiger partial charge < -0.3 is 4.98 Å². The highest BCUT2D eigenvalue weighted by molar-refractivity contribution is 9.10. The lowest BCUT2D eigenvalue weighted by Crippen LogP contribution is -2.26. The molecule has 1 atom stereocenters. The quantitative estimate of drug-likeness (QED) is 0.817. The third-order valence-corrected chi connectivity index (χ3v) is 4.24. The van der Waals surface area contributed by atoms with E-state index >= 15 is 0 Å². The van der Waals surface area contributed by atoms with Gasteiger partial charge in [-0.1, -0.05) is 35.1 Å². The van der Waals surface area contributed by atoms with Crippen molar-refractivity contribution >= 4 is 33.7 Å². The Kier molecular flexibility index (Phi) is 3.13. The van der Waals surface area contributed by atoms with Gasteiger partial charge in [0.15, 0.2) is 0 Å². The number of nitrogens with one attached hydrogen (secondary N) is 1. The number of halogens is 1. The van der Waals surface area contributed by atoms with E-state index < -0.39 is 0 Å². The molecule has 1 saturated heterocycles. The summed E-state index contributed by atoms with van der Waals surface area (Å²) in [5, 5.41) is 9.24. The lowest BCUT2D eigenvalue weighted by molar-refractivity contribution is 0.633. The van der Waals surface area contributed by atoms with Gasteiger partial charge in [0, 0.05) is 16.3 Å². The molecule has 2 aromatic rings. The van der Waals surface area contributed by atoms with Crippen LogP contribution >= 0.6 is 15.9 Å². The van der Waals surface area contributed by atoms with Crippen molar-refractivity contribution in [3.63, 3.8) is 0 Å². The van der Waals surface area contributed by atoms with Crippen LogP contribution in [0.3, 0.4) is 0 Å². The van der Waals surface area contributed by atoms with Gasteiger partial charge in [0.25, 0.3) is 6.71 Å². The molecule has 0 unspecified atom stereocenters. The van der Waals surface area contributed by atoms with Gasteiger partial charge in [-0.25, -0.2) is 10.2 Å². The van der Waals surface area contributed by atoms with Crippen molar-refractivity contribution < 1.29 is 0 Å². The van der Waals surface area contributed by atoms with Crippen LogP contribution in [0.5, 0.6) is 0 Å². The largest absolute Gasteiger partial charge is 0.342 e. The molecule has 90 valence electrons. The molecule has 1 fully saturated rings. The summed E-state index contributed by atoms with van der Waals surface area (Å²) in [6.07, 6.45) is 4.44. The van der Waals surface area contributed by atoms with Gasteiger partial charge in [0.05, 0.1) is 11.0 Å². The van der Waals surface area contributed by atoms with Gasteiger partial charge in [-0.15, -0.1) is 0 Å². The standard InChI is InChI=1S/C13H13BBrN3/c15-9-4-5-11-12(7-9)18-13(17-11)10-3-1-2-6-14(10)8-16/h4-5,7,10H,1-3,6H2,(H,17,18)/t10-/m0/s1. The van der Waals surface area contributed by atoms with Gasteiger partial charge in [-0.05, 0) is 24.6 Å². The smallest absolute Gasteiger partial charge is 0.278 e. The van der Waals surface area contributed by atoms with Crippen LogP contribution in [-0.4, -0.2) is 16.7 Å². The average Bonchev–Trinajstić information content (AvgIpc) is 2.81. The summed E-state index contributed by atoms with van der Waals surface area (Å²) in [5.74, 6) is 3.69. The molecule has 1 aliphatic rings. The summed E-state index contributed by atoms with van der Waals surface area (Å²) in [6.45, 7) is 0.114. The van der Waals surface area contributed by atoms with E-state index in [1.54, 1.807) is 0 Å². The summed E-state index contributed by atoms with van der Waals surface area (Å²) in [5.41, 5.74) is 2.03. The Labute approximate surface area is 115 Å². The summed E-state index contributed by atoms with van der Waals surface area (Å²) in [4.78, 5) is 8.03. The Morgan fingerprint density at radius 1 is 1.44 bits per heavy atom. The number of aromatic nitrogens is 2. The first-order valence-electron chi connectivity index (χ1n) is 6.33. The molecule has 0 radical (unpaired) electrons. The van der Waals surface area contributed by atoms with Crippen LogP contribution in [0.2, 0.25) is 6.32 Å². The minimum Gasteiger partial charge on any atom is -0.342 e. The van der Waals surface area contributed by atoms with Crippen LogP contribution < -0.4 is 0 Å². The summed E-state index contributed by atoms with van der Waals surface area (Å²) in [6, 6.07) is 6.04. The number of nitrogens with zero attached hydrogens (tertiary/aromatic N) is 2. The summed E-state index contributed by atoms with van der Waals surface area (Å²) >= 11 is 3.46. The maximum Gasteiger partial charge on any atom is 0.278 e. The second-order valence-electron chi connectivity index (χ2n) is 4.91. The Bertz CT molecular complexity index is 616. The zero-order chi connectivity index (χ0) is 12.5. The first-order valence-corrected chi connectivity index (χ1v) is 7.12. The molecular formula is C13H13BBrN3. The van der Waals surface area contributed by atoms with Crippen molar-refractivity contribution in [2.75, 3.05) is 0 Å². The minimum absolute atomic E-state index is 0.114. The fraction of sp³-hybridized carbons (Fsp3) is 0.385. The van der Waals surface area contributed by atoms with Crippen molar-refractivity contribution in [3.8, 4) is 5.97 Å². The molecule has 18 heavy (non-hydrogen) atoms. The first kappa shape index (κ1) is 11.8. The van der Waals surface area contributed by atoms with Gasteiger partial charge in [0.2, 0.25) is 0 Å². The third kappa shape index (κ3) is 2.06. The topological polar surface area (TPSA) is 52.5 Å². The molecule has 1 aromatic carbocycles. The monoisotopic (exact) mass is 301 g/mol. The molecule has 1 aromatic heterocycles. The van der Waals surface area contributed by atoms with E-state index in [2.05, 4.69) is 31.9 Å². The van der Waals surface area contributed by atoms with Crippen LogP contribution in [-0.2, 0) is 0 Å². The van der Waals surface area contributed by atoms with E-state index in [0.29, 0.717) is 0 Å². The van der Waals surface area contributed by atoms with Crippen molar-refractivity contribution in [2.24, 2.45) is 0 Å². The number of hydrogen-bond acceptors (Lipinski definition) is 2. The molecule has 0 bridgehead atoms. The Hall–Kier alpha value is -1.28. The van der Waals surface area contributed by atoms with Crippen molar-refractivity contribution in [1.29, 1.82) is 5.26 Å². The summed E-state index contributed by atoms with van der Waals surface area (Å²) < 4.78 is 1.05. The average molecular weight is 302 g/mol. The lowest BCUT2D eigenvalue weighted by Gasteiger charge is -2.21. The molecule has 0 amide bonds. The van der Waals surface area contributed by atoms with E-state index in [4.69, 9.17) is 0 Å². The zero-order valence-corrected chi connectivity index (χ0v) is 11.6. The van der Waals surface area contributed by atoms with E-state index in [1.807, 2.05) is 18.2 Å². The molecule has 1 aliphatic heterocycles. The fourth-order valence-electron chi connectivity index (χ4n) is 2.79. The van der Waals surface area contributed by atoms with Crippen LogP contribution in [0.4, 0.5) is 0 Å². The van der Waals surface area contributed by atoms with Crippen LogP contribution in [0, 0.1) is 11.2 Å². The van der Waals surface area contributed by atoms with Gasteiger partial charge in [-0.2, -0.15) is 0 Å². The number of H-pyrrole nitrogens is 1. The van der Waals surface area contributed by atoms with Crippen LogP contribution in [0.25, 0.3) is 11.0 Å². The number of fused-ring (bicyclic) bond motifs is 1. The maximum absolute atomic E-state index is 9.24. The summed E-state index contributed by atoms with van der Waals surface area (Å²) in [7, 11) is 0. The number of benzene rings is 1. The molecule has 5 heteroatoms. The Balaban J connectivity index is 2.00. The van der Waals surface area contributed by atoms with Crippen molar-refractivity contribution in [1.82, 2.24) is 9.97 Å². The second kappa shape index (κ2) is 4.77. The fourth-order valence-corrected chi connectivity index (χ4v) is 3.15. The number of hydrogen-bond donors (Lipinski definition) is 1. The predicted octanol–water partition coefficient (Wildman–Crippen LogP) is 3.69. The Morgan fingerprint density at radius 3 is 3.17 bits per heavy atom. The van der Waals surface area contributed by atoms with Gasteiger partial charge in [-0.3, -0.25) is 0 Å². The second-order valence-corrected chi connectivity index (χ2v) is 5.83. The SMILES string of the molecule is N#CB1CCCC[C@H]1c1nc2ccc(Br)cc2[nH]1. The Morgan fingerprint density at radius 2 is 2.33 bits per heavy atom. The van der Waals surface area contributed by atoms with E-state index in [1.165, 1.54) is 12.8 Å². The van der Waals surface area contributed by atoms with Gasteiger partial charge in [0.1, 0.15) is 5.82 Å². The lowest BCUT2D eigenvalue weighted by atomic mass is 9.36. The van der Waals surface area contributed by atoms with Crippen molar-refractivity contribution in [3.05, 3.63) is 28.5 Å². The molecule has 1 N–H and O–H groups in total. The number of nitriles is 1.